The van der Waals surface area contributed by atoms with Crippen molar-refractivity contribution in [3.8, 4) is 21.8 Å². The number of anilines is 2. The van der Waals surface area contributed by atoms with Gasteiger partial charge in [0.05, 0.1) is 33.6 Å². The van der Waals surface area contributed by atoms with Crippen molar-refractivity contribution in [2.75, 3.05) is 23.2 Å². The van der Waals surface area contributed by atoms with Crippen LogP contribution in [0.2, 0.25) is 0 Å². The lowest BCUT2D eigenvalue weighted by Gasteiger charge is -2.11. The van der Waals surface area contributed by atoms with Gasteiger partial charge in [0.25, 0.3) is 0 Å². The second-order valence-electron chi connectivity index (χ2n) is 7.92. The van der Waals surface area contributed by atoms with Crippen LogP contribution in [0.5, 0.6) is 0 Å². The molecule has 0 spiro atoms. The minimum Gasteiger partial charge on any atom is -0.395 e. The molecule has 0 aliphatic carbocycles. The van der Waals surface area contributed by atoms with E-state index in [-0.39, 0.29) is 24.8 Å². The molecule has 0 aliphatic rings. The monoisotopic (exact) mass is 533 g/mol. The molecule has 0 saturated carbocycles. The van der Waals surface area contributed by atoms with Crippen molar-refractivity contribution in [1.29, 1.82) is 0 Å². The Balaban J connectivity index is 1.74. The van der Waals surface area contributed by atoms with Gasteiger partial charge in [-0.2, -0.15) is 0 Å². The minimum absolute atomic E-state index is 0.0829. The van der Waals surface area contributed by atoms with Crippen LogP contribution in [0.4, 0.5) is 24.8 Å². The van der Waals surface area contributed by atoms with Crippen molar-refractivity contribution < 1.29 is 22.5 Å². The van der Waals surface area contributed by atoms with Crippen molar-refractivity contribution in [3.63, 3.8) is 0 Å². The molecule has 3 N–H and O–H groups in total. The lowest BCUT2D eigenvalue weighted by molar-refractivity contribution is 0.311. The predicted molar refractivity (Wildman–Crippen MR) is 135 cm³/mol. The molecule has 2 aromatic carbocycles. The largest absolute Gasteiger partial charge is 0.395 e. The average molecular weight is 534 g/mol. The number of nitrogens with one attached hydrogen (secondary N) is 2. The van der Waals surface area contributed by atoms with Crippen LogP contribution in [-0.4, -0.2) is 37.4 Å². The summed E-state index contributed by atoms with van der Waals surface area (Å²) in [5.41, 5.74) is 1.38. The van der Waals surface area contributed by atoms with Gasteiger partial charge in [-0.15, -0.1) is 11.3 Å². The molecule has 1 unspecified atom stereocenters. The average Bonchev–Trinajstić information content (AvgIpc) is 3.30. The Morgan fingerprint density at radius 3 is 2.50 bits per heavy atom. The van der Waals surface area contributed by atoms with Gasteiger partial charge in [-0.1, -0.05) is 19.9 Å². The Morgan fingerprint density at radius 2 is 1.81 bits per heavy atom. The Morgan fingerprint density at radius 1 is 1.06 bits per heavy atom. The van der Waals surface area contributed by atoms with Crippen LogP contribution >= 0.6 is 11.3 Å². The first-order valence-electron chi connectivity index (χ1n) is 10.9. The van der Waals surface area contributed by atoms with Crippen molar-refractivity contribution in [1.82, 2.24) is 15.0 Å². The van der Waals surface area contributed by atoms with E-state index in [9.17, 15) is 17.4 Å². The summed E-state index contributed by atoms with van der Waals surface area (Å²) in [5.74, 6) is -2.32. The van der Waals surface area contributed by atoms with Crippen molar-refractivity contribution >= 4 is 34.0 Å². The molecule has 4 rings (SSSR count). The number of benzene rings is 2. The third-order valence-electron chi connectivity index (χ3n) is 4.97. The fourth-order valence-electron chi connectivity index (χ4n) is 3.25. The molecule has 0 aliphatic heterocycles. The smallest absolute Gasteiger partial charge is 0.223 e. The van der Waals surface area contributed by atoms with E-state index in [4.69, 9.17) is 10.1 Å². The second kappa shape index (κ2) is 11.1. The standard InChI is InChI=1S/C24H22F3N5O2S2/c1-13(2)23-31-20(21(35-23)18-8-9-28-24(30-18)29-10-11-33)14-6-7-15(25)19(12-14)32-36(34)22-16(26)4-3-5-17(22)27/h3-9,12-13,32-33H,10-11H2,1-2H3,(H,28,29,30). The molecule has 0 fully saturated rings. The molecule has 0 amide bonds. The topological polar surface area (TPSA) is 100 Å². The number of hydrogen-bond acceptors (Lipinski definition) is 7. The molecule has 2 heterocycles. The van der Waals surface area contributed by atoms with E-state index in [2.05, 4.69) is 20.0 Å². The van der Waals surface area contributed by atoms with Crippen LogP contribution in [0.25, 0.3) is 21.8 Å². The summed E-state index contributed by atoms with van der Waals surface area (Å²) in [6.07, 6.45) is 1.57. The van der Waals surface area contributed by atoms with E-state index in [1.807, 2.05) is 13.8 Å². The number of halogens is 3. The van der Waals surface area contributed by atoms with Crippen molar-refractivity contribution in [3.05, 3.63) is 71.1 Å². The quantitative estimate of drug-likeness (QED) is 0.268. The van der Waals surface area contributed by atoms with Crippen LogP contribution in [0.3, 0.4) is 0 Å². The maximum absolute atomic E-state index is 14.6. The zero-order valence-corrected chi connectivity index (χ0v) is 20.9. The summed E-state index contributed by atoms with van der Waals surface area (Å²) >= 11 is 1.42. The SMILES string of the molecule is CC(C)c1nc(-c2ccc(F)c(NS(=O)c3c(F)cccc3F)c2)c(-c2ccnc(NCCO)n2)s1. The summed E-state index contributed by atoms with van der Waals surface area (Å²) in [4.78, 5) is 13.4. The summed E-state index contributed by atoms with van der Waals surface area (Å²) in [7, 11) is -2.39. The molecule has 12 heteroatoms. The molecule has 4 aromatic rings. The van der Waals surface area contributed by atoms with E-state index in [1.54, 1.807) is 12.3 Å². The normalized spacial score (nSPS) is 12.1. The first-order chi connectivity index (χ1) is 17.3. The van der Waals surface area contributed by atoms with E-state index in [0.717, 1.165) is 23.2 Å². The third-order valence-corrected chi connectivity index (χ3v) is 7.51. The van der Waals surface area contributed by atoms with Gasteiger partial charge in [-0.3, -0.25) is 4.72 Å². The highest BCUT2D eigenvalue weighted by molar-refractivity contribution is 7.86. The number of hydrogen-bond donors (Lipinski definition) is 3. The van der Waals surface area contributed by atoms with Gasteiger partial charge in [0.1, 0.15) is 22.3 Å². The number of aromatic nitrogens is 3. The fraction of sp³-hybridized carbons (Fsp3) is 0.208. The molecule has 7 nitrogen and oxygen atoms in total. The zero-order chi connectivity index (χ0) is 25.8. The zero-order valence-electron chi connectivity index (χ0n) is 19.3. The Hall–Kier alpha value is -3.35. The molecular formula is C24H22F3N5O2S2. The molecule has 1 atom stereocenters. The molecule has 0 bridgehead atoms. The Kier molecular flexibility index (Phi) is 7.97. The van der Waals surface area contributed by atoms with Crippen LogP contribution in [0.1, 0.15) is 24.8 Å². The van der Waals surface area contributed by atoms with Crippen LogP contribution in [0.15, 0.2) is 53.6 Å². The maximum atomic E-state index is 14.6. The predicted octanol–water partition coefficient (Wildman–Crippen LogP) is 5.35. The molecule has 2 aromatic heterocycles. The number of aliphatic hydroxyl groups excluding tert-OH is 1. The van der Waals surface area contributed by atoms with Crippen LogP contribution < -0.4 is 10.0 Å². The van der Waals surface area contributed by atoms with Gasteiger partial charge in [0.15, 0.2) is 11.0 Å². The summed E-state index contributed by atoms with van der Waals surface area (Å²) in [6.45, 7) is 4.18. The van der Waals surface area contributed by atoms with E-state index < -0.39 is 33.3 Å². The van der Waals surface area contributed by atoms with Gasteiger partial charge in [0.2, 0.25) is 5.95 Å². The van der Waals surface area contributed by atoms with Gasteiger partial charge < -0.3 is 10.4 Å². The van der Waals surface area contributed by atoms with Gasteiger partial charge in [-0.05, 0) is 36.4 Å². The summed E-state index contributed by atoms with van der Waals surface area (Å²) in [5, 5.41) is 12.8. The van der Waals surface area contributed by atoms with E-state index in [0.29, 0.717) is 27.8 Å². The highest BCUT2D eigenvalue weighted by Gasteiger charge is 2.21. The van der Waals surface area contributed by atoms with Gasteiger partial charge in [-0.25, -0.2) is 32.3 Å². The number of nitrogens with zero attached hydrogens (tertiary/aromatic N) is 3. The number of aliphatic hydroxyl groups is 1. The Bertz CT molecular complexity index is 1390. The third kappa shape index (κ3) is 5.55. The molecule has 188 valence electrons. The van der Waals surface area contributed by atoms with Gasteiger partial charge >= 0.3 is 0 Å². The van der Waals surface area contributed by atoms with Crippen LogP contribution in [0, 0.1) is 17.5 Å². The first-order valence-corrected chi connectivity index (χ1v) is 12.9. The fourth-order valence-corrected chi connectivity index (χ4v) is 5.26. The first kappa shape index (κ1) is 25.7. The lowest BCUT2D eigenvalue weighted by atomic mass is 10.1. The van der Waals surface area contributed by atoms with Crippen LogP contribution in [-0.2, 0) is 11.0 Å². The number of thiazole rings is 1. The Labute approximate surface area is 212 Å². The summed E-state index contributed by atoms with van der Waals surface area (Å²) in [6, 6.07) is 8.89. The molecular weight excluding hydrogens is 511 g/mol. The van der Waals surface area contributed by atoms with Gasteiger partial charge in [0, 0.05) is 24.2 Å². The minimum atomic E-state index is -2.39. The van der Waals surface area contributed by atoms with E-state index in [1.165, 1.54) is 29.5 Å². The van der Waals surface area contributed by atoms with Crippen molar-refractivity contribution in [2.45, 2.75) is 24.7 Å². The second-order valence-corrected chi connectivity index (χ2v) is 10.1. The van der Waals surface area contributed by atoms with Crippen molar-refractivity contribution in [2.24, 2.45) is 0 Å². The lowest BCUT2D eigenvalue weighted by Crippen LogP contribution is -2.10. The molecule has 36 heavy (non-hydrogen) atoms. The number of rotatable bonds is 9. The molecule has 0 radical (unpaired) electrons. The highest BCUT2D eigenvalue weighted by Crippen LogP contribution is 2.39. The highest BCUT2D eigenvalue weighted by atomic mass is 32.2. The maximum Gasteiger partial charge on any atom is 0.223 e. The molecule has 0 saturated heterocycles. The summed E-state index contributed by atoms with van der Waals surface area (Å²) < 4.78 is 57.8. The van der Waals surface area contributed by atoms with E-state index >= 15 is 0 Å².